The number of anilines is 1. The maximum absolute atomic E-state index is 12.5. The molecule has 2 aromatic rings. The van der Waals surface area contributed by atoms with Gasteiger partial charge in [0.05, 0.1) is 12.1 Å². The minimum absolute atomic E-state index is 0.0164. The Morgan fingerprint density at radius 1 is 0.821 bits per heavy atom. The number of hydrogen-bond donors (Lipinski definition) is 2. The maximum atomic E-state index is 12.5. The third kappa shape index (κ3) is 7.17. The average Bonchev–Trinajstić information content (AvgIpc) is 2.59. The molecule has 0 spiro atoms. The van der Waals surface area contributed by atoms with Gasteiger partial charge in [0.15, 0.2) is 0 Å². The summed E-state index contributed by atoms with van der Waals surface area (Å²) in [5.41, 5.74) is 0.187. The Morgan fingerprint density at radius 2 is 1.29 bits per heavy atom. The summed E-state index contributed by atoms with van der Waals surface area (Å²) < 4.78 is 69.1. The molecule has 0 aromatic heterocycles. The number of nitrogens with zero attached hydrogens (tertiary/aromatic N) is 1. The van der Waals surface area contributed by atoms with Crippen LogP contribution in [0, 0.1) is 0 Å². The van der Waals surface area contributed by atoms with Gasteiger partial charge in [0.25, 0.3) is 0 Å². The van der Waals surface area contributed by atoms with Crippen LogP contribution in [-0.4, -0.2) is 28.5 Å². The van der Waals surface area contributed by atoms with E-state index in [0.29, 0.717) is 11.3 Å². The van der Waals surface area contributed by atoms with Gasteiger partial charge in [-0.1, -0.05) is 30.3 Å². The summed E-state index contributed by atoms with van der Waals surface area (Å²) in [6.45, 7) is -0.0164. The molecule has 2 N–H and O–H groups in total. The smallest absolute Gasteiger partial charge is 0.475 e. The van der Waals surface area contributed by atoms with E-state index in [1.807, 2.05) is 0 Å². The Balaban J connectivity index is 0.000000480. The lowest BCUT2D eigenvalue weighted by molar-refractivity contribution is -0.192. The Kier molecular flexibility index (Phi) is 7.42. The van der Waals surface area contributed by atoms with Crippen molar-refractivity contribution in [3.63, 3.8) is 0 Å². The first-order chi connectivity index (χ1) is 12.8. The first-order valence-electron chi connectivity index (χ1n) is 7.34. The first-order valence-corrected chi connectivity index (χ1v) is 7.34. The van der Waals surface area contributed by atoms with Crippen LogP contribution in [0.25, 0.3) is 0 Å². The largest absolute Gasteiger partial charge is 0.490 e. The topological polar surface area (TPSA) is 77.8 Å². The molecule has 0 fully saturated rings. The highest BCUT2D eigenvalue weighted by Gasteiger charge is 2.38. The number of aliphatic carboxylic acids is 1. The van der Waals surface area contributed by atoms with Gasteiger partial charge in [-0.3, -0.25) is 4.90 Å². The third-order valence-corrected chi connectivity index (χ3v) is 3.16. The zero-order valence-electron chi connectivity index (χ0n) is 13.8. The van der Waals surface area contributed by atoms with Gasteiger partial charge in [0.1, 0.15) is 0 Å². The van der Waals surface area contributed by atoms with Crippen LogP contribution in [0.1, 0.15) is 11.1 Å². The van der Waals surface area contributed by atoms with E-state index in [1.165, 1.54) is 12.1 Å². The number of rotatable bonds is 3. The molecule has 2 rings (SSSR count). The van der Waals surface area contributed by atoms with Crippen LogP contribution in [0.5, 0.6) is 0 Å². The minimum Gasteiger partial charge on any atom is -0.475 e. The van der Waals surface area contributed by atoms with Crippen molar-refractivity contribution in [1.29, 1.82) is 0 Å². The van der Waals surface area contributed by atoms with Crippen molar-refractivity contribution in [2.45, 2.75) is 18.9 Å². The van der Waals surface area contributed by atoms with Gasteiger partial charge in [-0.15, -0.1) is 0 Å². The normalized spacial score (nSPS) is 11.2. The SMILES string of the molecule is O=C(O)C(F)(F)F.O=C(O)N(Cc1ccc(C(F)(F)F)cc1)c1ccccc1. The predicted molar refractivity (Wildman–Crippen MR) is 85.8 cm³/mol. The van der Waals surface area contributed by atoms with Crippen LogP contribution in [0.4, 0.5) is 36.8 Å². The van der Waals surface area contributed by atoms with Crippen molar-refractivity contribution in [3.8, 4) is 0 Å². The monoisotopic (exact) mass is 409 g/mol. The molecule has 0 radical (unpaired) electrons. The van der Waals surface area contributed by atoms with Crippen molar-refractivity contribution in [3.05, 3.63) is 65.7 Å². The van der Waals surface area contributed by atoms with E-state index in [2.05, 4.69) is 0 Å². The number of amides is 1. The van der Waals surface area contributed by atoms with E-state index < -0.39 is 30.0 Å². The van der Waals surface area contributed by atoms with Crippen LogP contribution < -0.4 is 4.90 Å². The van der Waals surface area contributed by atoms with E-state index in [-0.39, 0.29) is 6.54 Å². The van der Waals surface area contributed by atoms with Crippen molar-refractivity contribution >= 4 is 17.7 Å². The second-order valence-electron chi connectivity index (χ2n) is 5.20. The molecule has 0 aliphatic carbocycles. The second-order valence-corrected chi connectivity index (χ2v) is 5.20. The Labute approximate surface area is 154 Å². The van der Waals surface area contributed by atoms with Gasteiger partial charge in [-0.2, -0.15) is 26.3 Å². The van der Waals surface area contributed by atoms with Crippen LogP contribution in [0.3, 0.4) is 0 Å². The summed E-state index contributed by atoms with van der Waals surface area (Å²) in [4.78, 5) is 21.2. The molecule has 0 bridgehead atoms. The Hall–Kier alpha value is -3.24. The molecule has 152 valence electrons. The Bertz CT molecular complexity index is 788. The molecule has 0 saturated carbocycles. The van der Waals surface area contributed by atoms with Gasteiger partial charge in [0.2, 0.25) is 0 Å². The van der Waals surface area contributed by atoms with Gasteiger partial charge in [0, 0.05) is 5.69 Å². The fourth-order valence-electron chi connectivity index (χ4n) is 1.86. The number of hydrogen-bond acceptors (Lipinski definition) is 2. The van der Waals surface area contributed by atoms with E-state index in [9.17, 15) is 36.2 Å². The lowest BCUT2D eigenvalue weighted by Gasteiger charge is -2.19. The summed E-state index contributed by atoms with van der Waals surface area (Å²) in [5.74, 6) is -2.76. The number of halogens is 6. The van der Waals surface area contributed by atoms with Crippen molar-refractivity contribution in [1.82, 2.24) is 0 Å². The van der Waals surface area contributed by atoms with Gasteiger partial charge in [-0.05, 0) is 29.8 Å². The zero-order valence-corrected chi connectivity index (χ0v) is 13.8. The van der Waals surface area contributed by atoms with Gasteiger partial charge >= 0.3 is 24.4 Å². The van der Waals surface area contributed by atoms with Crippen molar-refractivity contribution in [2.24, 2.45) is 0 Å². The standard InChI is InChI=1S/C15H12F3NO2.C2HF3O2/c16-15(17,18)12-8-6-11(7-9-12)10-19(14(20)21)13-4-2-1-3-5-13;3-2(4,5)1(6)7/h1-9H,10H2,(H,20,21);(H,6,7). The molecule has 0 unspecified atom stereocenters. The molecule has 0 saturated heterocycles. The number of carboxylic acids is 1. The highest BCUT2D eigenvalue weighted by Crippen LogP contribution is 2.29. The molecular weight excluding hydrogens is 396 g/mol. The first kappa shape index (κ1) is 22.8. The number of carboxylic acid groups (broad SMARTS) is 2. The van der Waals surface area contributed by atoms with E-state index in [0.717, 1.165) is 17.0 Å². The summed E-state index contributed by atoms with van der Waals surface area (Å²) >= 11 is 0. The van der Waals surface area contributed by atoms with E-state index >= 15 is 0 Å². The predicted octanol–water partition coefficient (Wildman–Crippen LogP) is 5.02. The summed E-state index contributed by atoms with van der Waals surface area (Å²) in [6.07, 6.45) is -10.6. The van der Waals surface area contributed by atoms with Crippen LogP contribution in [0.15, 0.2) is 54.6 Å². The molecular formula is C17H13F6NO4. The molecule has 0 aliphatic rings. The summed E-state index contributed by atoms with van der Waals surface area (Å²) in [6, 6.07) is 12.8. The fraction of sp³-hybridized carbons (Fsp3) is 0.176. The highest BCUT2D eigenvalue weighted by molar-refractivity contribution is 5.85. The van der Waals surface area contributed by atoms with Gasteiger partial charge < -0.3 is 10.2 Å². The molecule has 11 heteroatoms. The molecule has 2 aromatic carbocycles. The van der Waals surface area contributed by atoms with Crippen molar-refractivity contribution < 1.29 is 46.1 Å². The molecule has 5 nitrogen and oxygen atoms in total. The molecule has 0 atom stereocenters. The van der Waals surface area contributed by atoms with Crippen molar-refractivity contribution in [2.75, 3.05) is 4.90 Å². The lowest BCUT2D eigenvalue weighted by atomic mass is 10.1. The summed E-state index contributed by atoms with van der Waals surface area (Å²) in [7, 11) is 0. The number of alkyl halides is 6. The third-order valence-electron chi connectivity index (χ3n) is 3.16. The highest BCUT2D eigenvalue weighted by atomic mass is 19.4. The van der Waals surface area contributed by atoms with Crippen LogP contribution in [0.2, 0.25) is 0 Å². The fourth-order valence-corrected chi connectivity index (χ4v) is 1.86. The molecule has 28 heavy (non-hydrogen) atoms. The lowest BCUT2D eigenvalue weighted by Crippen LogP contribution is -2.28. The average molecular weight is 409 g/mol. The maximum Gasteiger partial charge on any atom is 0.490 e. The van der Waals surface area contributed by atoms with E-state index in [4.69, 9.17) is 9.90 Å². The number of para-hydroxylation sites is 1. The summed E-state index contributed by atoms with van der Waals surface area (Å²) in [5, 5.41) is 16.3. The quantitative estimate of drug-likeness (QED) is 0.698. The number of carbonyl (C=O) groups is 2. The van der Waals surface area contributed by atoms with Gasteiger partial charge in [-0.25, -0.2) is 9.59 Å². The second kappa shape index (κ2) is 9.11. The zero-order chi connectivity index (χ0) is 21.5. The minimum atomic E-state index is -5.08. The van der Waals surface area contributed by atoms with Crippen LogP contribution >= 0.6 is 0 Å². The molecule has 0 heterocycles. The Morgan fingerprint density at radius 3 is 1.64 bits per heavy atom. The molecule has 0 aliphatic heterocycles. The van der Waals surface area contributed by atoms with Crippen LogP contribution in [-0.2, 0) is 17.5 Å². The number of benzene rings is 2. The van der Waals surface area contributed by atoms with E-state index in [1.54, 1.807) is 30.3 Å². The molecule has 1 amide bonds.